The SMILES string of the molecule is COc1cccc2c1NCC21CCN(c2nc3c(c(=O)[nH]2)CCCC3)CC1. The fourth-order valence-electron chi connectivity index (χ4n) is 5.01. The van der Waals surface area contributed by atoms with Crippen LogP contribution in [0.5, 0.6) is 5.75 Å². The zero-order valence-electron chi connectivity index (χ0n) is 15.8. The molecule has 0 amide bonds. The van der Waals surface area contributed by atoms with E-state index in [9.17, 15) is 4.79 Å². The second-order valence-electron chi connectivity index (χ2n) is 8.03. The number of nitrogens with zero attached hydrogens (tertiary/aromatic N) is 2. The lowest BCUT2D eigenvalue weighted by molar-refractivity contribution is 0.358. The summed E-state index contributed by atoms with van der Waals surface area (Å²) in [6.07, 6.45) is 6.11. The lowest BCUT2D eigenvalue weighted by Crippen LogP contribution is -2.45. The van der Waals surface area contributed by atoms with Crippen molar-refractivity contribution in [3.8, 4) is 5.75 Å². The van der Waals surface area contributed by atoms with E-state index in [4.69, 9.17) is 9.72 Å². The summed E-state index contributed by atoms with van der Waals surface area (Å²) in [5, 5.41) is 3.57. The predicted molar refractivity (Wildman–Crippen MR) is 106 cm³/mol. The number of anilines is 2. The number of fused-ring (bicyclic) bond motifs is 3. The van der Waals surface area contributed by atoms with Gasteiger partial charge in [0.15, 0.2) is 0 Å². The number of benzene rings is 1. The van der Waals surface area contributed by atoms with E-state index in [0.29, 0.717) is 0 Å². The molecule has 0 radical (unpaired) electrons. The van der Waals surface area contributed by atoms with Crippen molar-refractivity contribution in [1.29, 1.82) is 0 Å². The zero-order valence-corrected chi connectivity index (χ0v) is 15.8. The molecule has 6 nitrogen and oxygen atoms in total. The van der Waals surface area contributed by atoms with Crippen LogP contribution in [0.1, 0.15) is 42.5 Å². The molecule has 6 heteroatoms. The molecule has 27 heavy (non-hydrogen) atoms. The Morgan fingerprint density at radius 1 is 1.19 bits per heavy atom. The smallest absolute Gasteiger partial charge is 0.255 e. The van der Waals surface area contributed by atoms with Crippen LogP contribution in [0, 0.1) is 0 Å². The molecule has 0 saturated carbocycles. The highest BCUT2D eigenvalue weighted by Gasteiger charge is 2.42. The quantitative estimate of drug-likeness (QED) is 0.855. The van der Waals surface area contributed by atoms with Gasteiger partial charge in [-0.2, -0.15) is 0 Å². The lowest BCUT2D eigenvalue weighted by Gasteiger charge is -2.39. The molecule has 3 heterocycles. The molecule has 0 unspecified atom stereocenters. The van der Waals surface area contributed by atoms with Crippen molar-refractivity contribution in [3.05, 3.63) is 45.4 Å². The average molecular weight is 366 g/mol. The maximum absolute atomic E-state index is 12.5. The summed E-state index contributed by atoms with van der Waals surface area (Å²) in [6, 6.07) is 6.33. The van der Waals surface area contributed by atoms with Gasteiger partial charge in [-0.15, -0.1) is 0 Å². The summed E-state index contributed by atoms with van der Waals surface area (Å²) in [6.45, 7) is 2.75. The fraction of sp³-hybridized carbons (Fsp3) is 0.524. The normalized spacial score (nSPS) is 20.1. The Hall–Kier alpha value is -2.50. The van der Waals surface area contributed by atoms with Gasteiger partial charge in [0, 0.05) is 30.6 Å². The molecule has 1 saturated heterocycles. The van der Waals surface area contributed by atoms with Crippen molar-refractivity contribution in [3.63, 3.8) is 0 Å². The van der Waals surface area contributed by atoms with Crippen LogP contribution >= 0.6 is 0 Å². The first kappa shape index (κ1) is 16.7. The number of piperidine rings is 1. The number of aryl methyl sites for hydroxylation is 1. The van der Waals surface area contributed by atoms with Gasteiger partial charge in [0.25, 0.3) is 5.56 Å². The molecular formula is C21H26N4O2. The van der Waals surface area contributed by atoms with Gasteiger partial charge in [0.1, 0.15) is 5.75 Å². The van der Waals surface area contributed by atoms with E-state index in [2.05, 4.69) is 27.3 Å². The number of rotatable bonds is 2. The highest BCUT2D eigenvalue weighted by Crippen LogP contribution is 2.47. The molecule has 1 aromatic heterocycles. The lowest BCUT2D eigenvalue weighted by atomic mass is 9.74. The minimum atomic E-state index is 0.0626. The number of ether oxygens (including phenoxy) is 1. The number of para-hydroxylation sites is 1. The highest BCUT2D eigenvalue weighted by atomic mass is 16.5. The molecule has 1 aromatic carbocycles. The van der Waals surface area contributed by atoms with E-state index >= 15 is 0 Å². The van der Waals surface area contributed by atoms with Crippen LogP contribution in [0.4, 0.5) is 11.6 Å². The van der Waals surface area contributed by atoms with Crippen molar-refractivity contribution < 1.29 is 4.74 Å². The summed E-state index contributed by atoms with van der Waals surface area (Å²) in [5.41, 5.74) is 4.64. The largest absolute Gasteiger partial charge is 0.495 e. The maximum Gasteiger partial charge on any atom is 0.255 e. The predicted octanol–water partition coefficient (Wildman–Crippen LogP) is 2.62. The van der Waals surface area contributed by atoms with Crippen molar-refractivity contribution in [2.24, 2.45) is 0 Å². The molecule has 2 aliphatic heterocycles. The van der Waals surface area contributed by atoms with Crippen molar-refractivity contribution in [1.82, 2.24) is 9.97 Å². The molecule has 2 N–H and O–H groups in total. The van der Waals surface area contributed by atoms with Crippen LogP contribution in [0.15, 0.2) is 23.0 Å². The Morgan fingerprint density at radius 2 is 2.00 bits per heavy atom. The van der Waals surface area contributed by atoms with Gasteiger partial charge in [-0.3, -0.25) is 9.78 Å². The summed E-state index contributed by atoms with van der Waals surface area (Å²) in [7, 11) is 1.73. The molecule has 0 bridgehead atoms. The van der Waals surface area contributed by atoms with Gasteiger partial charge in [0.2, 0.25) is 5.95 Å². The number of hydrogen-bond acceptors (Lipinski definition) is 5. The zero-order chi connectivity index (χ0) is 18.4. The van der Waals surface area contributed by atoms with Gasteiger partial charge in [0.05, 0.1) is 18.5 Å². The molecule has 5 rings (SSSR count). The summed E-state index contributed by atoms with van der Waals surface area (Å²) in [5.74, 6) is 1.68. The number of hydrogen-bond donors (Lipinski definition) is 2. The third-order valence-electron chi connectivity index (χ3n) is 6.62. The van der Waals surface area contributed by atoms with E-state index in [-0.39, 0.29) is 11.0 Å². The van der Waals surface area contributed by atoms with Crippen LogP contribution in [0.3, 0.4) is 0 Å². The van der Waals surface area contributed by atoms with Gasteiger partial charge in [-0.1, -0.05) is 12.1 Å². The molecule has 1 aliphatic carbocycles. The summed E-state index contributed by atoms with van der Waals surface area (Å²) >= 11 is 0. The monoisotopic (exact) mass is 366 g/mol. The first-order valence-corrected chi connectivity index (χ1v) is 9.99. The third kappa shape index (κ3) is 2.61. The second-order valence-corrected chi connectivity index (χ2v) is 8.03. The molecule has 142 valence electrons. The molecule has 3 aliphatic rings. The number of H-pyrrole nitrogens is 1. The minimum absolute atomic E-state index is 0.0626. The first-order valence-electron chi connectivity index (χ1n) is 9.99. The van der Waals surface area contributed by atoms with E-state index in [1.54, 1.807) is 7.11 Å². The van der Waals surface area contributed by atoms with Crippen LogP contribution in [-0.4, -0.2) is 36.7 Å². The Balaban J connectivity index is 1.39. The standard InChI is InChI=1S/C21H26N4O2/c1-27-17-8-4-6-15-18(17)22-13-21(15)9-11-25(12-10-21)20-23-16-7-3-2-5-14(16)19(26)24-20/h4,6,8,22H,2-3,5,7,9-13H2,1H3,(H,23,24,26). The number of methoxy groups -OCH3 is 1. The number of aromatic nitrogens is 2. The maximum atomic E-state index is 12.5. The second kappa shape index (κ2) is 6.29. The van der Waals surface area contributed by atoms with Crippen molar-refractivity contribution in [2.45, 2.75) is 43.9 Å². The Kier molecular flexibility index (Phi) is 3.88. The van der Waals surface area contributed by atoms with Gasteiger partial charge < -0.3 is 15.0 Å². The van der Waals surface area contributed by atoms with Crippen LogP contribution in [-0.2, 0) is 18.3 Å². The molecular weight excluding hydrogens is 340 g/mol. The van der Waals surface area contributed by atoms with Gasteiger partial charge in [-0.25, -0.2) is 4.98 Å². The Labute approximate surface area is 159 Å². The van der Waals surface area contributed by atoms with Crippen LogP contribution in [0.25, 0.3) is 0 Å². The molecule has 2 aromatic rings. The highest BCUT2D eigenvalue weighted by molar-refractivity contribution is 5.69. The molecule has 0 atom stereocenters. The topological polar surface area (TPSA) is 70.2 Å². The first-order chi connectivity index (χ1) is 13.2. The minimum Gasteiger partial charge on any atom is -0.495 e. The average Bonchev–Trinajstić information content (AvgIpc) is 3.07. The molecule has 1 fully saturated rings. The van der Waals surface area contributed by atoms with Crippen molar-refractivity contribution >= 4 is 11.6 Å². The van der Waals surface area contributed by atoms with E-state index in [1.807, 2.05) is 6.07 Å². The van der Waals surface area contributed by atoms with Crippen LogP contribution in [0.2, 0.25) is 0 Å². The van der Waals surface area contributed by atoms with Crippen LogP contribution < -0.4 is 20.5 Å². The Bertz CT molecular complexity index is 928. The van der Waals surface area contributed by atoms with Gasteiger partial charge in [-0.05, 0) is 50.2 Å². The van der Waals surface area contributed by atoms with Gasteiger partial charge >= 0.3 is 0 Å². The summed E-state index contributed by atoms with van der Waals surface area (Å²) < 4.78 is 5.52. The number of nitrogens with one attached hydrogen (secondary N) is 2. The van der Waals surface area contributed by atoms with E-state index in [1.165, 1.54) is 5.56 Å². The van der Waals surface area contributed by atoms with E-state index in [0.717, 1.165) is 86.8 Å². The Morgan fingerprint density at radius 3 is 2.81 bits per heavy atom. The van der Waals surface area contributed by atoms with E-state index < -0.39 is 0 Å². The fourth-order valence-corrected chi connectivity index (χ4v) is 5.01. The number of aromatic amines is 1. The third-order valence-corrected chi connectivity index (χ3v) is 6.62. The van der Waals surface area contributed by atoms with Crippen molar-refractivity contribution in [2.75, 3.05) is 37.0 Å². The molecule has 1 spiro atoms. The summed E-state index contributed by atoms with van der Waals surface area (Å²) in [4.78, 5) is 22.6.